The third kappa shape index (κ3) is 3.86. The van der Waals surface area contributed by atoms with Crippen LogP contribution in [0, 0.1) is 0 Å². The van der Waals surface area contributed by atoms with Gasteiger partial charge in [-0.2, -0.15) is 0 Å². The van der Waals surface area contributed by atoms with Gasteiger partial charge in [-0.3, -0.25) is 4.79 Å². The van der Waals surface area contributed by atoms with Crippen molar-refractivity contribution in [2.75, 3.05) is 0 Å². The van der Waals surface area contributed by atoms with Crippen molar-refractivity contribution < 1.29 is 14.6 Å². The molecule has 0 saturated carbocycles. The van der Waals surface area contributed by atoms with Gasteiger partial charge in [-0.05, 0) is 26.3 Å². The molecule has 1 aliphatic heterocycles. The van der Waals surface area contributed by atoms with Gasteiger partial charge in [0.2, 0.25) is 5.78 Å². The van der Waals surface area contributed by atoms with E-state index in [0.717, 1.165) is 6.42 Å². The highest BCUT2D eigenvalue weighted by molar-refractivity contribution is 6.00. The molecule has 0 aliphatic carbocycles. The lowest BCUT2D eigenvalue weighted by molar-refractivity contribution is -0.124. The predicted octanol–water partition coefficient (Wildman–Crippen LogP) is 2.52. The fraction of sp³-hybridized carbons (Fsp3) is 0.500. The van der Waals surface area contributed by atoms with Crippen LogP contribution in [0.4, 0.5) is 0 Å². The number of aliphatic hydroxyl groups excluding tert-OH is 1. The standard InChI is InChI=1S/C14H20O3/c1-4-5-6-7-8-14(3)13(16)10-12(17-14)9-11(2)15/h5-8,10-11,15H,4,9H2,1-3H3/b6-5+,8-7+/t11-,14-/m0/s1. The van der Waals surface area contributed by atoms with Gasteiger partial charge in [-0.15, -0.1) is 0 Å². The molecule has 0 fully saturated rings. The largest absolute Gasteiger partial charge is 0.479 e. The van der Waals surface area contributed by atoms with Crippen molar-refractivity contribution in [1.29, 1.82) is 0 Å². The number of ketones is 1. The fourth-order valence-corrected chi connectivity index (χ4v) is 1.60. The Kier molecular flexibility index (Phi) is 4.70. The van der Waals surface area contributed by atoms with E-state index in [1.807, 2.05) is 25.2 Å². The summed E-state index contributed by atoms with van der Waals surface area (Å²) in [6.45, 7) is 5.45. The van der Waals surface area contributed by atoms with Crippen molar-refractivity contribution in [3.05, 3.63) is 36.1 Å². The van der Waals surface area contributed by atoms with Crippen molar-refractivity contribution in [3.8, 4) is 0 Å². The number of allylic oxidation sites excluding steroid dienone is 3. The van der Waals surface area contributed by atoms with E-state index in [1.54, 1.807) is 19.9 Å². The van der Waals surface area contributed by atoms with Crippen molar-refractivity contribution in [2.45, 2.75) is 45.3 Å². The van der Waals surface area contributed by atoms with Gasteiger partial charge in [0.1, 0.15) is 5.76 Å². The Morgan fingerprint density at radius 2 is 2.24 bits per heavy atom. The Balaban J connectivity index is 2.66. The summed E-state index contributed by atoms with van der Waals surface area (Å²) in [7, 11) is 0. The van der Waals surface area contributed by atoms with Gasteiger partial charge in [0.15, 0.2) is 5.60 Å². The number of carbonyl (C=O) groups excluding carboxylic acids is 1. The van der Waals surface area contributed by atoms with Crippen LogP contribution >= 0.6 is 0 Å². The van der Waals surface area contributed by atoms with E-state index in [2.05, 4.69) is 0 Å². The maximum atomic E-state index is 11.8. The third-order valence-corrected chi connectivity index (χ3v) is 2.52. The van der Waals surface area contributed by atoms with Crippen LogP contribution in [0.2, 0.25) is 0 Å². The summed E-state index contributed by atoms with van der Waals surface area (Å²) >= 11 is 0. The van der Waals surface area contributed by atoms with Crippen LogP contribution in [0.5, 0.6) is 0 Å². The minimum atomic E-state index is -0.914. The van der Waals surface area contributed by atoms with Crippen LogP contribution in [0.25, 0.3) is 0 Å². The zero-order chi connectivity index (χ0) is 12.9. The normalized spacial score (nSPS) is 26.6. The summed E-state index contributed by atoms with van der Waals surface area (Å²) in [6, 6.07) is 0. The molecule has 3 nitrogen and oxygen atoms in total. The molecular formula is C14H20O3. The average Bonchev–Trinajstić information content (AvgIpc) is 2.49. The molecule has 0 spiro atoms. The minimum Gasteiger partial charge on any atom is -0.479 e. The van der Waals surface area contributed by atoms with E-state index >= 15 is 0 Å². The summed E-state index contributed by atoms with van der Waals surface area (Å²) in [5, 5.41) is 9.25. The molecule has 94 valence electrons. The van der Waals surface area contributed by atoms with Crippen LogP contribution in [0.15, 0.2) is 36.1 Å². The molecule has 0 radical (unpaired) electrons. The van der Waals surface area contributed by atoms with Crippen LogP contribution in [0.3, 0.4) is 0 Å². The van der Waals surface area contributed by atoms with Gasteiger partial charge in [0.05, 0.1) is 6.10 Å². The van der Waals surface area contributed by atoms with Crippen molar-refractivity contribution >= 4 is 5.78 Å². The van der Waals surface area contributed by atoms with Gasteiger partial charge in [0.25, 0.3) is 0 Å². The summed E-state index contributed by atoms with van der Waals surface area (Å²) in [4.78, 5) is 11.8. The molecule has 0 saturated heterocycles. The lowest BCUT2D eigenvalue weighted by Crippen LogP contribution is -2.29. The lowest BCUT2D eigenvalue weighted by atomic mass is 10.0. The zero-order valence-electron chi connectivity index (χ0n) is 10.6. The number of ether oxygens (including phenoxy) is 1. The smallest absolute Gasteiger partial charge is 0.206 e. The Labute approximate surface area is 102 Å². The highest BCUT2D eigenvalue weighted by Gasteiger charge is 2.37. The first-order chi connectivity index (χ1) is 7.98. The van der Waals surface area contributed by atoms with Gasteiger partial charge >= 0.3 is 0 Å². The topological polar surface area (TPSA) is 46.5 Å². The number of hydrogen-bond donors (Lipinski definition) is 1. The first-order valence-electron chi connectivity index (χ1n) is 5.94. The molecule has 17 heavy (non-hydrogen) atoms. The second-order valence-electron chi connectivity index (χ2n) is 4.43. The molecule has 0 aromatic rings. The van der Waals surface area contributed by atoms with Crippen LogP contribution < -0.4 is 0 Å². The Hall–Kier alpha value is -1.35. The average molecular weight is 236 g/mol. The summed E-state index contributed by atoms with van der Waals surface area (Å²) < 4.78 is 5.58. The van der Waals surface area contributed by atoms with E-state index in [4.69, 9.17) is 4.74 Å². The van der Waals surface area contributed by atoms with Crippen molar-refractivity contribution in [2.24, 2.45) is 0 Å². The molecule has 0 unspecified atom stereocenters. The molecule has 0 aromatic heterocycles. The molecule has 1 aliphatic rings. The highest BCUT2D eigenvalue weighted by Crippen LogP contribution is 2.28. The van der Waals surface area contributed by atoms with E-state index in [-0.39, 0.29) is 5.78 Å². The molecule has 0 bridgehead atoms. The monoisotopic (exact) mass is 236 g/mol. The molecular weight excluding hydrogens is 216 g/mol. The quantitative estimate of drug-likeness (QED) is 0.746. The lowest BCUT2D eigenvalue weighted by Gasteiger charge is -2.20. The number of aliphatic hydroxyl groups is 1. The second kappa shape index (κ2) is 5.82. The zero-order valence-corrected chi connectivity index (χ0v) is 10.6. The highest BCUT2D eigenvalue weighted by atomic mass is 16.5. The number of hydrogen-bond acceptors (Lipinski definition) is 3. The van der Waals surface area contributed by atoms with Crippen LogP contribution in [-0.4, -0.2) is 22.6 Å². The third-order valence-electron chi connectivity index (χ3n) is 2.52. The van der Waals surface area contributed by atoms with E-state index < -0.39 is 11.7 Å². The van der Waals surface area contributed by atoms with E-state index in [0.29, 0.717) is 12.2 Å². The Bertz CT molecular complexity index is 364. The minimum absolute atomic E-state index is 0.0747. The SMILES string of the molecule is CC/C=C/C=C/[C@]1(C)OC(C[C@H](C)O)=CC1=O. The van der Waals surface area contributed by atoms with E-state index in [9.17, 15) is 9.90 Å². The molecule has 3 heteroatoms. The predicted molar refractivity (Wildman–Crippen MR) is 67.4 cm³/mol. The number of rotatable bonds is 5. The molecule has 0 amide bonds. The van der Waals surface area contributed by atoms with Crippen LogP contribution in [0.1, 0.15) is 33.6 Å². The van der Waals surface area contributed by atoms with Gasteiger partial charge < -0.3 is 9.84 Å². The molecule has 1 heterocycles. The Morgan fingerprint density at radius 1 is 1.53 bits per heavy atom. The molecule has 1 rings (SSSR count). The van der Waals surface area contributed by atoms with Gasteiger partial charge in [0, 0.05) is 12.5 Å². The van der Waals surface area contributed by atoms with Gasteiger partial charge in [-0.25, -0.2) is 0 Å². The first-order valence-corrected chi connectivity index (χ1v) is 5.94. The molecule has 0 aromatic carbocycles. The number of carbonyl (C=O) groups is 1. The maximum Gasteiger partial charge on any atom is 0.206 e. The molecule has 2 atom stereocenters. The maximum absolute atomic E-state index is 11.8. The first kappa shape index (κ1) is 13.7. The van der Waals surface area contributed by atoms with Crippen LogP contribution in [-0.2, 0) is 9.53 Å². The summed E-state index contributed by atoms with van der Waals surface area (Å²) in [5.41, 5.74) is -0.914. The Morgan fingerprint density at radius 3 is 2.82 bits per heavy atom. The van der Waals surface area contributed by atoms with Gasteiger partial charge in [-0.1, -0.05) is 25.2 Å². The van der Waals surface area contributed by atoms with Crippen molar-refractivity contribution in [3.63, 3.8) is 0 Å². The van der Waals surface area contributed by atoms with Crippen molar-refractivity contribution in [1.82, 2.24) is 0 Å². The summed E-state index contributed by atoms with van der Waals surface area (Å²) in [6.07, 6.45) is 9.77. The fourth-order valence-electron chi connectivity index (χ4n) is 1.60. The van der Waals surface area contributed by atoms with E-state index in [1.165, 1.54) is 6.08 Å². The summed E-state index contributed by atoms with van der Waals surface area (Å²) in [5.74, 6) is 0.478. The molecule has 1 N–H and O–H groups in total. The second-order valence-corrected chi connectivity index (χ2v) is 4.43.